The van der Waals surface area contributed by atoms with E-state index in [1.807, 2.05) is 0 Å². The first kappa shape index (κ1) is 21.4. The van der Waals surface area contributed by atoms with Crippen molar-refractivity contribution in [2.45, 2.75) is 59.8 Å². The lowest BCUT2D eigenvalue weighted by molar-refractivity contribution is 0.930. The van der Waals surface area contributed by atoms with Crippen LogP contribution in [-0.2, 0) is 19.3 Å². The van der Waals surface area contributed by atoms with E-state index in [2.05, 4.69) is 101 Å². The van der Waals surface area contributed by atoms with Crippen molar-refractivity contribution >= 4 is 0 Å². The molecule has 1 aliphatic rings. The largest absolute Gasteiger partial charge is 0.0807 e. The van der Waals surface area contributed by atoms with Gasteiger partial charge >= 0.3 is 0 Å². The average molecular weight is 407 g/mol. The molecule has 0 N–H and O–H groups in total. The van der Waals surface area contributed by atoms with Gasteiger partial charge in [-0.2, -0.15) is 0 Å². The highest BCUT2D eigenvalue weighted by Crippen LogP contribution is 2.24. The summed E-state index contributed by atoms with van der Waals surface area (Å²) in [4.78, 5) is 0. The summed E-state index contributed by atoms with van der Waals surface area (Å²) in [5.74, 6) is 0. The highest BCUT2D eigenvalue weighted by Gasteiger charge is 2.08. The molecule has 0 spiro atoms. The van der Waals surface area contributed by atoms with Crippen LogP contribution in [0.5, 0.6) is 0 Å². The first-order chi connectivity index (χ1) is 15.0. The molecule has 0 nitrogen and oxygen atoms in total. The third-order valence-electron chi connectivity index (χ3n) is 6.47. The molecule has 0 unspecified atom stereocenters. The summed E-state index contributed by atoms with van der Waals surface area (Å²) < 4.78 is 0. The molecule has 0 amide bonds. The Morgan fingerprint density at radius 2 is 1.29 bits per heavy atom. The van der Waals surface area contributed by atoms with Gasteiger partial charge in [-0.3, -0.25) is 0 Å². The van der Waals surface area contributed by atoms with Crippen LogP contribution in [0.1, 0.15) is 64.3 Å². The SMILES string of the molecule is CC1=CC(Cc2ccc(Cc3ccc(Cc4cccc(C)c4)cc3C)c(C)c2)=CCC1. The minimum atomic E-state index is 1.00. The summed E-state index contributed by atoms with van der Waals surface area (Å²) in [5.41, 5.74) is 14.2. The Morgan fingerprint density at radius 3 is 1.90 bits per heavy atom. The Morgan fingerprint density at radius 1 is 0.645 bits per heavy atom. The molecule has 3 aromatic rings. The Labute approximate surface area is 188 Å². The summed E-state index contributed by atoms with van der Waals surface area (Å²) >= 11 is 0. The minimum absolute atomic E-state index is 1.00. The van der Waals surface area contributed by atoms with E-state index in [4.69, 9.17) is 0 Å². The maximum Gasteiger partial charge on any atom is -0.00205 e. The van der Waals surface area contributed by atoms with Gasteiger partial charge < -0.3 is 0 Å². The standard InChI is InChI=1S/C31H34/c1-22-7-5-9-26(15-22)19-28-11-13-30(24(3)17-28)21-31-14-12-29(18-25(31)4)20-27-10-6-8-23(2)16-27/h5,7,9-18H,6,8,19-21H2,1-4H3. The monoisotopic (exact) mass is 406 g/mol. The van der Waals surface area contributed by atoms with E-state index in [-0.39, 0.29) is 0 Å². The van der Waals surface area contributed by atoms with E-state index in [0.29, 0.717) is 0 Å². The molecule has 0 fully saturated rings. The van der Waals surface area contributed by atoms with Crippen molar-refractivity contribution in [3.05, 3.63) is 128 Å². The minimum Gasteiger partial charge on any atom is -0.0807 e. The number of hydrogen-bond acceptors (Lipinski definition) is 0. The van der Waals surface area contributed by atoms with Crippen LogP contribution in [0.15, 0.2) is 84.0 Å². The highest BCUT2D eigenvalue weighted by molar-refractivity contribution is 5.42. The molecule has 0 heterocycles. The zero-order chi connectivity index (χ0) is 21.8. The third kappa shape index (κ3) is 5.64. The van der Waals surface area contributed by atoms with Crippen LogP contribution < -0.4 is 0 Å². The quantitative estimate of drug-likeness (QED) is 0.389. The van der Waals surface area contributed by atoms with Gasteiger partial charge in [0.1, 0.15) is 0 Å². The summed E-state index contributed by atoms with van der Waals surface area (Å²) in [7, 11) is 0. The fraction of sp³-hybridized carbons (Fsp3) is 0.290. The molecule has 0 aromatic heterocycles. The molecule has 4 rings (SSSR count). The summed E-state index contributed by atoms with van der Waals surface area (Å²) in [6.07, 6.45) is 10.2. The molecular weight excluding hydrogens is 372 g/mol. The van der Waals surface area contributed by atoms with Gasteiger partial charge in [0.05, 0.1) is 0 Å². The summed E-state index contributed by atoms with van der Waals surface area (Å²) in [6, 6.07) is 22.9. The van der Waals surface area contributed by atoms with Gasteiger partial charge in [-0.05, 0) is 104 Å². The van der Waals surface area contributed by atoms with E-state index in [9.17, 15) is 0 Å². The van der Waals surface area contributed by atoms with Crippen LogP contribution in [-0.4, -0.2) is 0 Å². The van der Waals surface area contributed by atoms with E-state index in [1.54, 1.807) is 0 Å². The molecule has 0 radical (unpaired) electrons. The van der Waals surface area contributed by atoms with Crippen LogP contribution in [0.2, 0.25) is 0 Å². The fourth-order valence-electron chi connectivity index (χ4n) is 4.69. The molecule has 0 bridgehead atoms. The maximum atomic E-state index is 2.40. The van der Waals surface area contributed by atoms with Crippen LogP contribution in [0, 0.1) is 20.8 Å². The van der Waals surface area contributed by atoms with Gasteiger partial charge in [0.15, 0.2) is 0 Å². The van der Waals surface area contributed by atoms with E-state index in [1.165, 1.54) is 68.5 Å². The lowest BCUT2D eigenvalue weighted by Crippen LogP contribution is -1.99. The predicted octanol–water partition coefficient (Wildman–Crippen LogP) is 8.00. The van der Waals surface area contributed by atoms with Crippen LogP contribution in [0.4, 0.5) is 0 Å². The number of benzene rings is 3. The Kier molecular flexibility index (Phi) is 6.56. The average Bonchev–Trinajstić information content (AvgIpc) is 2.72. The Bertz CT molecular complexity index is 1140. The molecular formula is C31H34. The van der Waals surface area contributed by atoms with Gasteiger partial charge in [0, 0.05) is 0 Å². The zero-order valence-electron chi connectivity index (χ0n) is 19.5. The second-order valence-corrected chi connectivity index (χ2v) is 9.35. The lowest BCUT2D eigenvalue weighted by Gasteiger charge is -2.14. The lowest BCUT2D eigenvalue weighted by atomic mass is 9.91. The normalized spacial score (nSPS) is 13.7. The van der Waals surface area contributed by atoms with Gasteiger partial charge in [-0.25, -0.2) is 0 Å². The van der Waals surface area contributed by atoms with Gasteiger partial charge in [0.2, 0.25) is 0 Å². The topological polar surface area (TPSA) is 0 Å². The van der Waals surface area contributed by atoms with Crippen molar-refractivity contribution < 1.29 is 0 Å². The first-order valence-corrected chi connectivity index (χ1v) is 11.5. The zero-order valence-corrected chi connectivity index (χ0v) is 19.5. The number of allylic oxidation sites excluding steroid dienone is 4. The van der Waals surface area contributed by atoms with E-state index in [0.717, 1.165) is 19.3 Å². The number of aryl methyl sites for hydroxylation is 3. The second-order valence-electron chi connectivity index (χ2n) is 9.35. The van der Waals surface area contributed by atoms with Crippen LogP contribution in [0.25, 0.3) is 0 Å². The van der Waals surface area contributed by atoms with Crippen molar-refractivity contribution in [2.75, 3.05) is 0 Å². The smallest absolute Gasteiger partial charge is 0.00205 e. The number of hydrogen-bond donors (Lipinski definition) is 0. The number of rotatable bonds is 6. The van der Waals surface area contributed by atoms with E-state index >= 15 is 0 Å². The maximum absolute atomic E-state index is 2.40. The van der Waals surface area contributed by atoms with Crippen molar-refractivity contribution in [1.29, 1.82) is 0 Å². The van der Waals surface area contributed by atoms with Gasteiger partial charge in [-0.15, -0.1) is 0 Å². The first-order valence-electron chi connectivity index (χ1n) is 11.5. The van der Waals surface area contributed by atoms with Crippen molar-refractivity contribution in [3.8, 4) is 0 Å². The van der Waals surface area contributed by atoms with E-state index < -0.39 is 0 Å². The van der Waals surface area contributed by atoms with Gasteiger partial charge in [0.25, 0.3) is 0 Å². The van der Waals surface area contributed by atoms with Crippen LogP contribution in [0.3, 0.4) is 0 Å². The van der Waals surface area contributed by atoms with Crippen molar-refractivity contribution in [2.24, 2.45) is 0 Å². The predicted molar refractivity (Wildman–Crippen MR) is 134 cm³/mol. The van der Waals surface area contributed by atoms with Crippen molar-refractivity contribution in [1.82, 2.24) is 0 Å². The third-order valence-corrected chi connectivity index (χ3v) is 6.47. The summed E-state index contributed by atoms with van der Waals surface area (Å²) in [6.45, 7) is 8.92. The van der Waals surface area contributed by atoms with Crippen LogP contribution >= 0.6 is 0 Å². The molecule has 0 saturated heterocycles. The molecule has 1 aliphatic carbocycles. The summed E-state index contributed by atoms with van der Waals surface area (Å²) in [5, 5.41) is 0. The molecule has 31 heavy (non-hydrogen) atoms. The Balaban J connectivity index is 1.45. The molecule has 0 atom stereocenters. The second kappa shape index (κ2) is 9.52. The highest BCUT2D eigenvalue weighted by atomic mass is 14.1. The van der Waals surface area contributed by atoms with Gasteiger partial charge in [-0.1, -0.05) is 84.0 Å². The molecule has 0 heteroatoms. The molecule has 3 aromatic carbocycles. The molecule has 158 valence electrons. The van der Waals surface area contributed by atoms with Crippen molar-refractivity contribution in [3.63, 3.8) is 0 Å². The molecule has 0 saturated carbocycles. The Hall–Kier alpha value is -2.86. The molecule has 0 aliphatic heterocycles. The fourth-order valence-corrected chi connectivity index (χ4v) is 4.69.